The number of thiazole rings is 1. The van der Waals surface area contributed by atoms with Crippen LogP contribution >= 0.6 is 22.7 Å². The van der Waals surface area contributed by atoms with Crippen LogP contribution in [0.5, 0.6) is 0 Å². The number of amides is 1. The van der Waals surface area contributed by atoms with E-state index in [-0.39, 0.29) is 10.1 Å². The van der Waals surface area contributed by atoms with Gasteiger partial charge in [0, 0.05) is 11.9 Å². The molecule has 4 aromatic rings. The summed E-state index contributed by atoms with van der Waals surface area (Å²) in [5.74, 6) is -0.304. The van der Waals surface area contributed by atoms with E-state index in [1.54, 1.807) is 17.5 Å². The van der Waals surface area contributed by atoms with Crippen LogP contribution in [0, 0.1) is 0 Å². The lowest BCUT2D eigenvalue weighted by atomic mass is 10.0. The van der Waals surface area contributed by atoms with E-state index in [1.165, 1.54) is 43.5 Å². The molecule has 2 aliphatic rings. The third-order valence-electron chi connectivity index (χ3n) is 6.39. The summed E-state index contributed by atoms with van der Waals surface area (Å²) in [6, 6.07) is 11.1. The molecular weight excluding hydrogens is 462 g/mol. The third kappa shape index (κ3) is 3.18. The van der Waals surface area contributed by atoms with Crippen molar-refractivity contribution in [3.05, 3.63) is 52.9 Å². The van der Waals surface area contributed by atoms with Gasteiger partial charge in [0.05, 0.1) is 10.2 Å². The number of hydrogen-bond donors (Lipinski definition) is 1. The van der Waals surface area contributed by atoms with Crippen molar-refractivity contribution >= 4 is 64.7 Å². The van der Waals surface area contributed by atoms with Crippen molar-refractivity contribution in [2.45, 2.75) is 42.4 Å². The summed E-state index contributed by atoms with van der Waals surface area (Å²) >= 11 is 2.64. The first-order valence-corrected chi connectivity index (χ1v) is 13.9. The number of benzene rings is 2. The Labute approximate surface area is 193 Å². The number of anilines is 1. The van der Waals surface area contributed by atoms with Gasteiger partial charge in [0.25, 0.3) is 10.0 Å². The number of thiophene rings is 1. The highest BCUT2D eigenvalue weighted by Crippen LogP contribution is 2.39. The SMILES string of the molecule is O=C(Nc1nc2c(cc3c4c(cccc42)CC3)s1)C1CCCCN1S(=O)(=O)c1cccs1. The van der Waals surface area contributed by atoms with Crippen LogP contribution < -0.4 is 5.32 Å². The predicted octanol–water partition coefficient (Wildman–Crippen LogP) is 4.79. The molecule has 164 valence electrons. The second kappa shape index (κ2) is 7.62. The molecule has 6 rings (SSSR count). The van der Waals surface area contributed by atoms with E-state index in [2.05, 4.69) is 29.6 Å². The van der Waals surface area contributed by atoms with Gasteiger partial charge in [-0.3, -0.25) is 4.79 Å². The third-order valence-corrected chi connectivity index (χ3v) is 10.6. The molecule has 32 heavy (non-hydrogen) atoms. The molecule has 1 fully saturated rings. The van der Waals surface area contributed by atoms with Gasteiger partial charge in [0.1, 0.15) is 10.3 Å². The zero-order chi connectivity index (χ0) is 21.9. The summed E-state index contributed by atoms with van der Waals surface area (Å²) in [4.78, 5) is 18.0. The number of hydrogen-bond acceptors (Lipinski definition) is 6. The van der Waals surface area contributed by atoms with Crippen molar-refractivity contribution in [1.29, 1.82) is 0 Å². The van der Waals surface area contributed by atoms with E-state index in [9.17, 15) is 13.2 Å². The molecule has 0 spiro atoms. The monoisotopic (exact) mass is 483 g/mol. The van der Waals surface area contributed by atoms with Crippen LogP contribution in [0.25, 0.3) is 21.0 Å². The van der Waals surface area contributed by atoms with E-state index in [4.69, 9.17) is 4.98 Å². The molecule has 1 aliphatic carbocycles. The smallest absolute Gasteiger partial charge is 0.253 e. The van der Waals surface area contributed by atoms with Gasteiger partial charge >= 0.3 is 0 Å². The van der Waals surface area contributed by atoms with Gasteiger partial charge in [-0.15, -0.1) is 11.3 Å². The minimum absolute atomic E-state index is 0.279. The highest BCUT2D eigenvalue weighted by atomic mass is 32.2. The second-order valence-electron chi connectivity index (χ2n) is 8.29. The largest absolute Gasteiger partial charge is 0.301 e. The highest BCUT2D eigenvalue weighted by molar-refractivity contribution is 7.91. The predicted molar refractivity (Wildman–Crippen MR) is 129 cm³/mol. The van der Waals surface area contributed by atoms with Crippen molar-refractivity contribution in [1.82, 2.24) is 9.29 Å². The summed E-state index contributed by atoms with van der Waals surface area (Å²) in [5.41, 5.74) is 3.60. The van der Waals surface area contributed by atoms with Crippen LogP contribution in [0.1, 0.15) is 30.4 Å². The summed E-state index contributed by atoms with van der Waals surface area (Å²) in [6.45, 7) is 0.356. The number of piperidine rings is 1. The average molecular weight is 484 g/mol. The van der Waals surface area contributed by atoms with E-state index >= 15 is 0 Å². The molecule has 1 N–H and O–H groups in total. The molecule has 1 unspecified atom stereocenters. The lowest BCUT2D eigenvalue weighted by molar-refractivity contribution is -0.120. The van der Waals surface area contributed by atoms with Crippen LogP contribution in [-0.4, -0.2) is 36.2 Å². The van der Waals surface area contributed by atoms with E-state index in [0.29, 0.717) is 18.1 Å². The zero-order valence-electron chi connectivity index (χ0n) is 17.2. The Morgan fingerprint density at radius 3 is 2.84 bits per heavy atom. The summed E-state index contributed by atoms with van der Waals surface area (Å²) in [6.07, 6.45) is 4.18. The van der Waals surface area contributed by atoms with Gasteiger partial charge in [-0.2, -0.15) is 4.31 Å². The van der Waals surface area contributed by atoms with Crippen molar-refractivity contribution < 1.29 is 13.2 Å². The van der Waals surface area contributed by atoms with Gasteiger partial charge in [-0.1, -0.05) is 42.0 Å². The first-order chi connectivity index (χ1) is 15.5. The lowest BCUT2D eigenvalue weighted by Gasteiger charge is -2.32. The quantitative estimate of drug-likeness (QED) is 0.453. The topological polar surface area (TPSA) is 79.4 Å². The van der Waals surface area contributed by atoms with Gasteiger partial charge in [-0.25, -0.2) is 13.4 Å². The molecule has 9 heteroatoms. The number of rotatable bonds is 4. The number of carbonyl (C=O) groups is 1. The molecule has 2 aromatic heterocycles. The maximum atomic E-state index is 13.2. The summed E-state index contributed by atoms with van der Waals surface area (Å²) < 4.78 is 28.9. The highest BCUT2D eigenvalue weighted by Gasteiger charge is 2.38. The van der Waals surface area contributed by atoms with Gasteiger partial charge in [0.2, 0.25) is 5.91 Å². The molecule has 6 nitrogen and oxygen atoms in total. The molecule has 0 radical (unpaired) electrons. The number of nitrogens with zero attached hydrogens (tertiary/aromatic N) is 2. The van der Waals surface area contributed by atoms with Crippen LogP contribution in [0.4, 0.5) is 5.13 Å². The number of carbonyl (C=O) groups excluding carboxylic acids is 1. The van der Waals surface area contributed by atoms with Crippen LogP contribution in [0.3, 0.4) is 0 Å². The zero-order valence-corrected chi connectivity index (χ0v) is 19.7. The molecular formula is C23H21N3O3S3. The fraction of sp³-hybridized carbons (Fsp3) is 0.304. The molecule has 1 amide bonds. The first kappa shape index (κ1) is 20.3. The molecule has 0 bridgehead atoms. The molecule has 1 aliphatic heterocycles. The van der Waals surface area contributed by atoms with Crippen molar-refractivity contribution in [3.63, 3.8) is 0 Å². The van der Waals surface area contributed by atoms with Gasteiger partial charge in [-0.05, 0) is 59.7 Å². The van der Waals surface area contributed by atoms with Gasteiger partial charge in [0.15, 0.2) is 5.13 Å². The van der Waals surface area contributed by atoms with E-state index < -0.39 is 16.1 Å². The Bertz CT molecular complexity index is 1460. The van der Waals surface area contributed by atoms with Crippen molar-refractivity contribution in [2.24, 2.45) is 0 Å². The number of aromatic nitrogens is 1. The Morgan fingerprint density at radius 1 is 1.12 bits per heavy atom. The molecule has 0 saturated carbocycles. The standard InChI is InChI=1S/C23H21N3O3S3/c27-22(17-7-1-2-11-26(17)32(28,29)19-8-4-12-30-19)25-23-24-21-16-6-3-5-14-9-10-15(20(14)16)13-18(21)31-23/h3-6,8,12-13,17H,1-2,7,9-11H2,(H,24,25,27). The van der Waals surface area contributed by atoms with Gasteiger partial charge < -0.3 is 5.32 Å². The molecule has 1 atom stereocenters. The Balaban J connectivity index is 1.33. The lowest BCUT2D eigenvalue weighted by Crippen LogP contribution is -2.49. The Hall–Kier alpha value is -2.33. The normalized spacial score (nSPS) is 19.1. The van der Waals surface area contributed by atoms with Crippen LogP contribution in [-0.2, 0) is 27.7 Å². The number of nitrogens with one attached hydrogen (secondary N) is 1. The average Bonchev–Trinajstić information content (AvgIpc) is 3.55. The Kier molecular flexibility index (Phi) is 4.83. The van der Waals surface area contributed by atoms with E-state index in [0.717, 1.165) is 41.3 Å². The number of fused-ring (bicyclic) bond motifs is 2. The maximum absolute atomic E-state index is 13.2. The summed E-state index contributed by atoms with van der Waals surface area (Å²) in [5, 5.41) is 7.62. The minimum Gasteiger partial charge on any atom is -0.301 e. The second-order valence-corrected chi connectivity index (χ2v) is 12.4. The van der Waals surface area contributed by atoms with Crippen LogP contribution in [0.15, 0.2) is 46.0 Å². The van der Waals surface area contributed by atoms with Crippen LogP contribution in [0.2, 0.25) is 0 Å². The fourth-order valence-electron chi connectivity index (χ4n) is 4.93. The van der Waals surface area contributed by atoms with Crippen molar-refractivity contribution in [3.8, 4) is 0 Å². The minimum atomic E-state index is -3.69. The molecule has 1 saturated heterocycles. The first-order valence-electron chi connectivity index (χ1n) is 10.7. The molecule has 2 aromatic carbocycles. The molecule has 3 heterocycles. The fourth-order valence-corrected chi connectivity index (χ4v) is 8.65. The summed E-state index contributed by atoms with van der Waals surface area (Å²) in [7, 11) is -3.69. The number of aryl methyl sites for hydroxylation is 2. The van der Waals surface area contributed by atoms with E-state index in [1.807, 2.05) is 0 Å². The number of sulfonamides is 1. The Morgan fingerprint density at radius 2 is 2.00 bits per heavy atom. The van der Waals surface area contributed by atoms with Crippen molar-refractivity contribution in [2.75, 3.05) is 11.9 Å². The maximum Gasteiger partial charge on any atom is 0.253 e.